The molecule has 2 aliphatic rings. The summed E-state index contributed by atoms with van der Waals surface area (Å²) >= 11 is 0. The molecule has 10 heteroatoms. The first-order chi connectivity index (χ1) is 13.7. The molecule has 1 heterocycles. The van der Waals surface area contributed by atoms with E-state index in [-0.39, 0.29) is 18.5 Å². The Balaban J connectivity index is 1.47. The number of rotatable bonds is 6. The molecule has 0 unspecified atom stereocenters. The Labute approximate surface area is 161 Å². The monoisotopic (exact) mass is 415 g/mol. The van der Waals surface area contributed by atoms with Crippen molar-refractivity contribution >= 4 is 5.91 Å². The van der Waals surface area contributed by atoms with E-state index in [1.165, 1.54) is 12.2 Å². The number of halogens is 6. The number of allylic oxidation sites excluding steroid dienone is 2. The SMILES string of the molecule is O=C(Cn1nc(C(F)F)c2c1C(F)(F)[C@@H]1C=C[C@H]21)NCCc1cc(F)cc(F)c1. The smallest absolute Gasteiger partial charge is 0.296 e. The van der Waals surface area contributed by atoms with Gasteiger partial charge >= 0.3 is 0 Å². The van der Waals surface area contributed by atoms with E-state index >= 15 is 0 Å². The average molecular weight is 415 g/mol. The van der Waals surface area contributed by atoms with Crippen LogP contribution in [0.2, 0.25) is 0 Å². The molecule has 0 aliphatic heterocycles. The van der Waals surface area contributed by atoms with E-state index in [9.17, 15) is 31.1 Å². The Kier molecular flexibility index (Phi) is 4.66. The second-order valence-electron chi connectivity index (χ2n) is 7.04. The van der Waals surface area contributed by atoms with Crippen LogP contribution in [0.1, 0.15) is 34.9 Å². The van der Waals surface area contributed by atoms with Crippen LogP contribution in [0, 0.1) is 17.6 Å². The van der Waals surface area contributed by atoms with Gasteiger partial charge in [0.15, 0.2) is 0 Å². The predicted molar refractivity (Wildman–Crippen MR) is 89.5 cm³/mol. The highest BCUT2D eigenvalue weighted by molar-refractivity contribution is 5.76. The van der Waals surface area contributed by atoms with Crippen LogP contribution in [-0.2, 0) is 23.7 Å². The molecule has 0 saturated heterocycles. The fraction of sp³-hybridized carbons (Fsp3) is 0.368. The number of hydrogen-bond donors (Lipinski definition) is 1. The van der Waals surface area contributed by atoms with E-state index in [1.54, 1.807) is 0 Å². The molecule has 1 N–H and O–H groups in total. The lowest BCUT2D eigenvalue weighted by atomic mass is 9.81. The molecule has 2 aromatic rings. The van der Waals surface area contributed by atoms with Crippen molar-refractivity contribution in [3.63, 3.8) is 0 Å². The molecule has 1 amide bonds. The van der Waals surface area contributed by atoms with Crippen LogP contribution in [0.25, 0.3) is 0 Å². The molecular weight excluding hydrogens is 400 g/mol. The highest BCUT2D eigenvalue weighted by Crippen LogP contribution is 2.59. The van der Waals surface area contributed by atoms with E-state index < -0.39 is 59.7 Å². The lowest BCUT2D eigenvalue weighted by molar-refractivity contribution is -0.122. The van der Waals surface area contributed by atoms with Crippen molar-refractivity contribution in [2.75, 3.05) is 6.54 Å². The van der Waals surface area contributed by atoms with Crippen molar-refractivity contribution in [3.05, 3.63) is 64.5 Å². The molecule has 29 heavy (non-hydrogen) atoms. The third-order valence-corrected chi connectivity index (χ3v) is 5.16. The van der Waals surface area contributed by atoms with Crippen LogP contribution in [0.4, 0.5) is 26.3 Å². The molecule has 0 radical (unpaired) electrons. The first-order valence-corrected chi connectivity index (χ1v) is 8.85. The molecule has 0 spiro atoms. The van der Waals surface area contributed by atoms with Gasteiger partial charge in [-0.05, 0) is 24.1 Å². The minimum Gasteiger partial charge on any atom is -0.354 e. The van der Waals surface area contributed by atoms with E-state index in [0.29, 0.717) is 16.3 Å². The minimum absolute atomic E-state index is 0.0178. The highest BCUT2D eigenvalue weighted by Gasteiger charge is 2.59. The second-order valence-corrected chi connectivity index (χ2v) is 7.04. The van der Waals surface area contributed by atoms with Gasteiger partial charge in [0.25, 0.3) is 12.3 Å². The van der Waals surface area contributed by atoms with E-state index in [2.05, 4.69) is 10.4 Å². The first-order valence-electron chi connectivity index (χ1n) is 8.85. The van der Waals surface area contributed by atoms with Crippen molar-refractivity contribution in [1.82, 2.24) is 15.1 Å². The summed E-state index contributed by atoms with van der Waals surface area (Å²) in [6.07, 6.45) is -0.243. The molecule has 4 nitrogen and oxygen atoms in total. The van der Waals surface area contributed by atoms with Gasteiger partial charge in [-0.3, -0.25) is 9.48 Å². The van der Waals surface area contributed by atoms with Gasteiger partial charge in [-0.1, -0.05) is 12.2 Å². The Morgan fingerprint density at radius 3 is 2.45 bits per heavy atom. The summed E-state index contributed by atoms with van der Waals surface area (Å²) in [5, 5.41) is 5.99. The minimum atomic E-state index is -3.39. The summed E-state index contributed by atoms with van der Waals surface area (Å²) in [6.45, 7) is -0.683. The van der Waals surface area contributed by atoms with Crippen LogP contribution in [0.15, 0.2) is 30.4 Å². The van der Waals surface area contributed by atoms with E-state index in [4.69, 9.17) is 0 Å². The quantitative estimate of drug-likeness (QED) is 0.576. The Morgan fingerprint density at radius 2 is 1.86 bits per heavy atom. The van der Waals surface area contributed by atoms with Gasteiger partial charge in [-0.15, -0.1) is 0 Å². The number of benzene rings is 1. The topological polar surface area (TPSA) is 46.9 Å². The number of alkyl halides is 4. The first kappa shape index (κ1) is 19.5. The zero-order chi connectivity index (χ0) is 20.9. The maximum Gasteiger partial charge on any atom is 0.296 e. The maximum absolute atomic E-state index is 14.6. The average Bonchev–Trinajstić information content (AvgIpc) is 2.98. The molecule has 0 bridgehead atoms. The van der Waals surface area contributed by atoms with Crippen LogP contribution in [-0.4, -0.2) is 22.2 Å². The molecule has 2 aliphatic carbocycles. The van der Waals surface area contributed by atoms with Crippen molar-refractivity contribution in [2.24, 2.45) is 5.92 Å². The van der Waals surface area contributed by atoms with Gasteiger partial charge < -0.3 is 5.32 Å². The van der Waals surface area contributed by atoms with Crippen molar-refractivity contribution < 1.29 is 31.1 Å². The second kappa shape index (κ2) is 6.93. The van der Waals surface area contributed by atoms with Gasteiger partial charge in [0.05, 0.1) is 5.92 Å². The molecule has 1 aromatic carbocycles. The summed E-state index contributed by atoms with van der Waals surface area (Å²) < 4.78 is 82.8. The van der Waals surface area contributed by atoms with E-state index in [0.717, 1.165) is 12.1 Å². The van der Waals surface area contributed by atoms with Gasteiger partial charge in [-0.25, -0.2) is 17.6 Å². The summed E-state index contributed by atoms with van der Waals surface area (Å²) in [5.41, 5.74) is -1.30. The van der Waals surface area contributed by atoms with E-state index in [1.807, 2.05) is 0 Å². The Bertz CT molecular complexity index is 980. The summed E-state index contributed by atoms with van der Waals surface area (Å²) in [6, 6.07) is 2.92. The molecule has 0 fully saturated rings. The normalized spacial score (nSPS) is 21.1. The standard InChI is InChI=1S/C19H15F6N3O/c20-10-5-9(6-11(21)7-10)3-4-26-14(29)8-28-17-15(16(27-28)18(22)23)12-1-2-13(12)19(17,24)25/h1-2,5-7,12-13,18H,3-4,8H2,(H,26,29)/t12-,13+/m0/s1. The number of aromatic nitrogens is 2. The lowest BCUT2D eigenvalue weighted by Crippen LogP contribution is -2.33. The number of nitrogens with zero attached hydrogens (tertiary/aromatic N) is 2. The van der Waals surface area contributed by atoms with Crippen LogP contribution in [0.3, 0.4) is 0 Å². The molecule has 0 saturated carbocycles. The van der Waals surface area contributed by atoms with Crippen molar-refractivity contribution in [1.29, 1.82) is 0 Å². The van der Waals surface area contributed by atoms with Crippen LogP contribution >= 0.6 is 0 Å². The maximum atomic E-state index is 14.6. The number of fused-ring (bicyclic) bond motifs is 3. The molecule has 4 rings (SSSR count). The molecule has 2 atom stereocenters. The fourth-order valence-corrected chi connectivity index (χ4v) is 3.86. The lowest BCUT2D eigenvalue weighted by Gasteiger charge is -2.27. The summed E-state index contributed by atoms with van der Waals surface area (Å²) in [4.78, 5) is 12.1. The number of nitrogens with one attached hydrogen (secondary N) is 1. The fourth-order valence-electron chi connectivity index (χ4n) is 3.86. The number of hydrogen-bond acceptors (Lipinski definition) is 2. The summed E-state index contributed by atoms with van der Waals surface area (Å²) in [7, 11) is 0. The number of carbonyl (C=O) groups excluding carboxylic acids is 1. The third-order valence-electron chi connectivity index (χ3n) is 5.16. The Hall–Kier alpha value is -2.78. The van der Waals surface area contributed by atoms with Crippen molar-refractivity contribution in [3.8, 4) is 0 Å². The van der Waals surface area contributed by atoms with Gasteiger partial charge in [0, 0.05) is 24.1 Å². The van der Waals surface area contributed by atoms with Crippen LogP contribution in [0.5, 0.6) is 0 Å². The third kappa shape index (κ3) is 3.30. The Morgan fingerprint density at radius 1 is 1.17 bits per heavy atom. The largest absolute Gasteiger partial charge is 0.354 e. The van der Waals surface area contributed by atoms with Gasteiger partial charge in [0.2, 0.25) is 5.91 Å². The van der Waals surface area contributed by atoms with Crippen molar-refractivity contribution in [2.45, 2.75) is 31.2 Å². The zero-order valence-electron chi connectivity index (χ0n) is 14.8. The van der Waals surface area contributed by atoms with Gasteiger partial charge in [-0.2, -0.15) is 13.9 Å². The zero-order valence-corrected chi connectivity index (χ0v) is 14.8. The predicted octanol–water partition coefficient (Wildman–Crippen LogP) is 3.83. The molecular formula is C19H15F6N3O. The van der Waals surface area contributed by atoms with Gasteiger partial charge in [0.1, 0.15) is 29.6 Å². The van der Waals surface area contributed by atoms with Crippen LogP contribution < -0.4 is 5.32 Å². The highest BCUT2D eigenvalue weighted by atomic mass is 19.3. The summed E-state index contributed by atoms with van der Waals surface area (Å²) in [5.74, 6) is -7.68. The number of carbonyl (C=O) groups is 1. The number of amides is 1. The molecule has 1 aromatic heterocycles. The molecule has 154 valence electrons.